The molecule has 0 N–H and O–H groups in total. The molecule has 0 aliphatic carbocycles. The summed E-state index contributed by atoms with van der Waals surface area (Å²) in [5.74, 6) is 0.547. The van der Waals surface area contributed by atoms with Crippen molar-refractivity contribution in [2.45, 2.75) is 46.5 Å². The molecule has 0 aliphatic rings. The Morgan fingerprint density at radius 3 is 2.57 bits per heavy atom. The fraction of sp³-hybridized carbons (Fsp3) is 0.588. The Hall–Kier alpha value is -1.06. The molecule has 0 spiro atoms. The van der Waals surface area contributed by atoms with Gasteiger partial charge in [-0.1, -0.05) is 38.5 Å². The summed E-state index contributed by atoms with van der Waals surface area (Å²) in [5, 5.41) is 0. The van der Waals surface area contributed by atoms with Gasteiger partial charge in [-0.3, -0.25) is 9.69 Å². The van der Waals surface area contributed by atoms with E-state index in [0.717, 1.165) is 42.5 Å². The van der Waals surface area contributed by atoms with Crippen LogP contribution in [0.1, 0.15) is 44.7 Å². The minimum Gasteiger partial charge on any atom is -0.361 e. The van der Waals surface area contributed by atoms with E-state index in [2.05, 4.69) is 19.9 Å². The number of hydrogen-bond acceptors (Lipinski definition) is 2. The maximum Gasteiger partial charge on any atom is 0.225 e. The summed E-state index contributed by atoms with van der Waals surface area (Å²) in [4.78, 5) is 13.8. The first-order chi connectivity index (χ1) is 10.2. The first kappa shape index (κ1) is 18.0. The quantitative estimate of drug-likeness (QED) is 0.389. The molecule has 0 heterocycles. The van der Waals surface area contributed by atoms with Gasteiger partial charge in [0.2, 0.25) is 5.91 Å². The number of alkyl halides is 1. The number of rotatable bonds is 9. The van der Waals surface area contributed by atoms with Crippen LogP contribution < -0.4 is 4.90 Å². The second-order valence-corrected chi connectivity index (χ2v) is 5.43. The number of carbonyl (C=O) groups is 1. The maximum atomic E-state index is 12.0. The zero-order chi connectivity index (χ0) is 15.7. The predicted octanol–water partition coefficient (Wildman–Crippen LogP) is 4.16. The number of benzene rings is 1. The van der Waals surface area contributed by atoms with Crippen LogP contribution in [-0.2, 0) is 22.4 Å². The summed E-state index contributed by atoms with van der Waals surface area (Å²) in [5.41, 5.74) is 3.25. The van der Waals surface area contributed by atoms with Gasteiger partial charge in [0.25, 0.3) is 0 Å². The third kappa shape index (κ3) is 5.33. The van der Waals surface area contributed by atoms with Gasteiger partial charge in [-0.2, -0.15) is 0 Å². The van der Waals surface area contributed by atoms with Crippen LogP contribution in [0.4, 0.5) is 5.69 Å². The van der Waals surface area contributed by atoms with Crippen LogP contribution in [0.15, 0.2) is 18.2 Å². The Labute approximate surface area is 133 Å². The van der Waals surface area contributed by atoms with Crippen LogP contribution in [0.3, 0.4) is 0 Å². The molecule has 1 rings (SSSR count). The Balaban J connectivity index is 3.02. The number of hydrogen-bond donors (Lipinski definition) is 0. The van der Waals surface area contributed by atoms with Crippen LogP contribution in [0, 0.1) is 0 Å². The highest BCUT2D eigenvalue weighted by molar-refractivity contribution is 6.18. The summed E-state index contributed by atoms with van der Waals surface area (Å²) < 4.78 is 5.66. The van der Waals surface area contributed by atoms with E-state index in [9.17, 15) is 4.79 Å². The molecule has 0 aliphatic heterocycles. The van der Waals surface area contributed by atoms with Crippen molar-refractivity contribution >= 4 is 23.2 Å². The van der Waals surface area contributed by atoms with Gasteiger partial charge >= 0.3 is 0 Å². The molecule has 0 radical (unpaired) electrons. The summed E-state index contributed by atoms with van der Waals surface area (Å²) in [6.45, 7) is 6.79. The van der Waals surface area contributed by atoms with Gasteiger partial charge in [-0.25, -0.2) is 0 Å². The molecule has 1 amide bonds. The van der Waals surface area contributed by atoms with Gasteiger partial charge in [-0.05, 0) is 30.4 Å². The van der Waals surface area contributed by atoms with E-state index in [1.54, 1.807) is 11.8 Å². The molecule has 21 heavy (non-hydrogen) atoms. The molecule has 118 valence electrons. The molecule has 3 nitrogen and oxygen atoms in total. The first-order valence-corrected chi connectivity index (χ1v) is 8.21. The largest absolute Gasteiger partial charge is 0.361 e. The summed E-state index contributed by atoms with van der Waals surface area (Å²) in [6.07, 6.45) is 3.73. The highest BCUT2D eigenvalue weighted by atomic mass is 35.5. The van der Waals surface area contributed by atoms with Crippen LogP contribution in [0.25, 0.3) is 0 Å². The SMILES string of the molecule is CCCCOCN(C(C)=O)c1c(CC)cccc1CCCl. The summed E-state index contributed by atoms with van der Waals surface area (Å²) in [6, 6.07) is 6.13. The fourth-order valence-corrected chi connectivity index (χ4v) is 2.50. The number of carbonyl (C=O) groups excluding carboxylic acids is 1. The van der Waals surface area contributed by atoms with E-state index in [-0.39, 0.29) is 5.91 Å². The smallest absolute Gasteiger partial charge is 0.225 e. The molecule has 0 saturated carbocycles. The molecule has 0 fully saturated rings. The van der Waals surface area contributed by atoms with E-state index in [1.165, 1.54) is 0 Å². The number of amides is 1. The van der Waals surface area contributed by atoms with Crippen molar-refractivity contribution in [3.8, 4) is 0 Å². The van der Waals surface area contributed by atoms with Crippen molar-refractivity contribution in [1.82, 2.24) is 0 Å². The standard InChI is InChI=1S/C17H26ClNO2/c1-4-6-12-21-13-19(14(3)20)17-15(5-2)8-7-9-16(17)10-11-18/h7-9H,4-6,10-13H2,1-3H3. The Bertz CT molecular complexity index is 448. The first-order valence-electron chi connectivity index (χ1n) is 7.68. The zero-order valence-electron chi connectivity index (χ0n) is 13.3. The van der Waals surface area contributed by atoms with Crippen LogP contribution >= 0.6 is 11.6 Å². The lowest BCUT2D eigenvalue weighted by Gasteiger charge is -2.26. The van der Waals surface area contributed by atoms with Gasteiger partial charge in [0.1, 0.15) is 6.73 Å². The van der Waals surface area contributed by atoms with Gasteiger partial charge < -0.3 is 4.74 Å². The molecule has 0 saturated heterocycles. The number of anilines is 1. The summed E-state index contributed by atoms with van der Waals surface area (Å²) >= 11 is 5.90. The zero-order valence-corrected chi connectivity index (χ0v) is 14.1. The number of halogens is 1. The van der Waals surface area contributed by atoms with Gasteiger partial charge in [0.05, 0.1) is 5.69 Å². The predicted molar refractivity (Wildman–Crippen MR) is 89.1 cm³/mol. The summed E-state index contributed by atoms with van der Waals surface area (Å²) in [7, 11) is 0. The highest BCUT2D eigenvalue weighted by Crippen LogP contribution is 2.27. The number of ether oxygens (including phenoxy) is 1. The van der Waals surface area contributed by atoms with E-state index < -0.39 is 0 Å². The third-order valence-corrected chi connectivity index (χ3v) is 3.65. The van der Waals surface area contributed by atoms with Crippen molar-refractivity contribution in [1.29, 1.82) is 0 Å². The number of para-hydroxylation sites is 1. The molecule has 4 heteroatoms. The molecular weight excluding hydrogens is 286 g/mol. The molecule has 0 bridgehead atoms. The van der Waals surface area contributed by atoms with Gasteiger partial charge in [-0.15, -0.1) is 11.6 Å². The van der Waals surface area contributed by atoms with E-state index in [4.69, 9.17) is 16.3 Å². The third-order valence-electron chi connectivity index (χ3n) is 3.46. The van der Waals surface area contributed by atoms with Crippen molar-refractivity contribution < 1.29 is 9.53 Å². The second-order valence-electron chi connectivity index (χ2n) is 5.06. The number of nitrogens with zero attached hydrogens (tertiary/aromatic N) is 1. The van der Waals surface area contributed by atoms with Crippen molar-refractivity contribution in [2.75, 3.05) is 24.1 Å². The minimum absolute atomic E-state index is 0.00298. The molecule has 1 aromatic rings. The van der Waals surface area contributed by atoms with E-state index in [0.29, 0.717) is 19.2 Å². The molecule has 1 aromatic carbocycles. The number of aryl methyl sites for hydroxylation is 2. The Kier molecular flexibility index (Phi) is 8.40. The van der Waals surface area contributed by atoms with Crippen LogP contribution in [0.5, 0.6) is 0 Å². The Morgan fingerprint density at radius 2 is 2.00 bits per heavy atom. The highest BCUT2D eigenvalue weighted by Gasteiger charge is 2.18. The van der Waals surface area contributed by atoms with Crippen molar-refractivity contribution in [3.05, 3.63) is 29.3 Å². The second kappa shape index (κ2) is 9.80. The van der Waals surface area contributed by atoms with Crippen molar-refractivity contribution in [3.63, 3.8) is 0 Å². The molecule has 0 atom stereocenters. The van der Waals surface area contributed by atoms with Gasteiger partial charge in [0, 0.05) is 19.4 Å². The number of unbranched alkanes of at least 4 members (excludes halogenated alkanes) is 1. The van der Waals surface area contributed by atoms with E-state index >= 15 is 0 Å². The maximum absolute atomic E-state index is 12.0. The normalized spacial score (nSPS) is 10.7. The lowest BCUT2D eigenvalue weighted by atomic mass is 10.0. The molecular formula is C17H26ClNO2. The lowest BCUT2D eigenvalue weighted by molar-refractivity contribution is -0.117. The average molecular weight is 312 g/mol. The molecule has 0 aromatic heterocycles. The fourth-order valence-electron chi connectivity index (χ4n) is 2.30. The van der Waals surface area contributed by atoms with Crippen molar-refractivity contribution in [2.24, 2.45) is 0 Å². The molecule has 0 unspecified atom stereocenters. The Morgan fingerprint density at radius 1 is 1.29 bits per heavy atom. The topological polar surface area (TPSA) is 29.5 Å². The van der Waals surface area contributed by atoms with Crippen LogP contribution in [0.2, 0.25) is 0 Å². The average Bonchev–Trinajstić information content (AvgIpc) is 2.47. The monoisotopic (exact) mass is 311 g/mol. The van der Waals surface area contributed by atoms with E-state index in [1.807, 2.05) is 12.1 Å². The lowest BCUT2D eigenvalue weighted by Crippen LogP contribution is -2.33. The van der Waals surface area contributed by atoms with Gasteiger partial charge in [0.15, 0.2) is 0 Å². The van der Waals surface area contributed by atoms with Crippen LogP contribution in [-0.4, -0.2) is 25.1 Å². The minimum atomic E-state index is 0.00298.